The molecule has 0 aliphatic heterocycles. The zero-order chi connectivity index (χ0) is 14.6. The Balaban J connectivity index is 3.67. The molecule has 0 heterocycles. The maximum absolute atomic E-state index is 11.3. The van der Waals surface area contributed by atoms with Gasteiger partial charge in [-0.3, -0.25) is 4.79 Å². The van der Waals surface area contributed by atoms with Crippen LogP contribution in [0.5, 0.6) is 0 Å². The van der Waals surface area contributed by atoms with E-state index in [9.17, 15) is 9.90 Å². The van der Waals surface area contributed by atoms with Crippen LogP contribution in [0.4, 0.5) is 0 Å². The van der Waals surface area contributed by atoms with Crippen molar-refractivity contribution in [2.24, 2.45) is 0 Å². The van der Waals surface area contributed by atoms with Crippen molar-refractivity contribution < 1.29 is 9.90 Å². The summed E-state index contributed by atoms with van der Waals surface area (Å²) >= 11 is 4.42. The van der Waals surface area contributed by atoms with Gasteiger partial charge in [-0.25, -0.2) is 0 Å². The monoisotopic (exact) mass is 288 g/mol. The Labute approximate surface area is 124 Å². The van der Waals surface area contributed by atoms with Crippen molar-refractivity contribution in [2.75, 3.05) is 0 Å². The van der Waals surface area contributed by atoms with E-state index in [0.717, 1.165) is 25.7 Å². The Morgan fingerprint density at radius 3 is 1.74 bits per heavy atom. The molecule has 0 bridgehead atoms. The quantitative estimate of drug-likeness (QED) is 0.349. The van der Waals surface area contributed by atoms with Gasteiger partial charge in [0.25, 0.3) is 0 Å². The van der Waals surface area contributed by atoms with E-state index >= 15 is 0 Å². The summed E-state index contributed by atoms with van der Waals surface area (Å²) in [5, 5.41) is 9.28. The molecule has 0 aromatic carbocycles. The number of hydrogen-bond donors (Lipinski definition) is 2. The fourth-order valence-electron chi connectivity index (χ4n) is 2.36. The van der Waals surface area contributed by atoms with Gasteiger partial charge in [0.1, 0.15) is 4.75 Å². The van der Waals surface area contributed by atoms with E-state index in [1.54, 1.807) is 0 Å². The van der Waals surface area contributed by atoms with Crippen LogP contribution in [0.3, 0.4) is 0 Å². The average Bonchev–Trinajstić information content (AvgIpc) is 2.39. The van der Waals surface area contributed by atoms with Crippen LogP contribution in [0.15, 0.2) is 0 Å². The number of hydrogen-bond acceptors (Lipinski definition) is 2. The van der Waals surface area contributed by atoms with Crippen molar-refractivity contribution in [2.45, 2.75) is 95.6 Å². The smallest absolute Gasteiger partial charge is 0.319 e. The molecule has 0 aliphatic rings. The van der Waals surface area contributed by atoms with E-state index < -0.39 is 10.7 Å². The highest BCUT2D eigenvalue weighted by molar-refractivity contribution is 7.82. The van der Waals surface area contributed by atoms with Crippen LogP contribution in [0.25, 0.3) is 0 Å². The van der Waals surface area contributed by atoms with Crippen LogP contribution in [0.2, 0.25) is 0 Å². The first-order chi connectivity index (χ1) is 9.06. The summed E-state index contributed by atoms with van der Waals surface area (Å²) in [7, 11) is 0. The molecule has 0 radical (unpaired) electrons. The van der Waals surface area contributed by atoms with Crippen LogP contribution in [0, 0.1) is 0 Å². The van der Waals surface area contributed by atoms with Crippen LogP contribution in [-0.4, -0.2) is 15.8 Å². The molecule has 0 fully saturated rings. The molecule has 0 aliphatic carbocycles. The van der Waals surface area contributed by atoms with Crippen molar-refractivity contribution in [1.29, 1.82) is 0 Å². The molecule has 0 amide bonds. The summed E-state index contributed by atoms with van der Waals surface area (Å²) < 4.78 is -0.793. The van der Waals surface area contributed by atoms with E-state index in [0.29, 0.717) is 12.8 Å². The SMILES string of the molecule is CCCCCCCCCCC(S)(CCCC)C(=O)O. The molecule has 1 atom stereocenters. The van der Waals surface area contributed by atoms with Crippen molar-refractivity contribution in [1.82, 2.24) is 0 Å². The van der Waals surface area contributed by atoms with Gasteiger partial charge in [0, 0.05) is 0 Å². The topological polar surface area (TPSA) is 37.3 Å². The van der Waals surface area contributed by atoms with Gasteiger partial charge in [0.2, 0.25) is 0 Å². The molecule has 0 aromatic heterocycles. The second kappa shape index (κ2) is 11.6. The molecule has 3 heteroatoms. The number of carbonyl (C=O) groups is 1. The highest BCUT2D eigenvalue weighted by Crippen LogP contribution is 2.29. The Hall–Kier alpha value is -0.180. The van der Waals surface area contributed by atoms with Gasteiger partial charge in [-0.05, 0) is 12.8 Å². The number of unbranched alkanes of at least 4 members (excludes halogenated alkanes) is 8. The Morgan fingerprint density at radius 1 is 0.842 bits per heavy atom. The minimum Gasteiger partial charge on any atom is -0.480 e. The standard InChI is InChI=1S/C16H32O2S/c1-3-5-7-8-9-10-11-12-14-16(19,15(17)18)13-6-4-2/h19H,3-14H2,1-2H3,(H,17,18). The predicted octanol–water partition coefficient (Wildman–Crippen LogP) is 5.46. The Morgan fingerprint density at radius 2 is 1.26 bits per heavy atom. The highest BCUT2D eigenvalue weighted by Gasteiger charge is 2.32. The molecule has 1 N–H and O–H groups in total. The molecule has 2 nitrogen and oxygen atoms in total. The van der Waals surface area contributed by atoms with Crippen LogP contribution >= 0.6 is 12.6 Å². The molecule has 1 unspecified atom stereocenters. The average molecular weight is 288 g/mol. The predicted molar refractivity (Wildman–Crippen MR) is 86.1 cm³/mol. The van der Waals surface area contributed by atoms with Crippen molar-refractivity contribution in [3.8, 4) is 0 Å². The normalized spacial score (nSPS) is 14.3. The van der Waals surface area contributed by atoms with Crippen LogP contribution in [0.1, 0.15) is 90.9 Å². The van der Waals surface area contributed by atoms with Gasteiger partial charge in [-0.15, -0.1) is 0 Å². The summed E-state index contributed by atoms with van der Waals surface area (Å²) in [6.45, 7) is 4.32. The lowest BCUT2D eigenvalue weighted by Gasteiger charge is -2.23. The number of carboxylic acid groups (broad SMARTS) is 1. The van der Waals surface area contributed by atoms with Crippen molar-refractivity contribution in [3.63, 3.8) is 0 Å². The second-order valence-corrected chi connectivity index (χ2v) is 6.52. The maximum Gasteiger partial charge on any atom is 0.319 e. The summed E-state index contributed by atoms with van der Waals surface area (Å²) in [5.74, 6) is -0.743. The van der Waals surface area contributed by atoms with Gasteiger partial charge in [-0.1, -0.05) is 78.1 Å². The Kier molecular flexibility index (Phi) is 11.5. The minimum absolute atomic E-state index is 0.693. The Bertz CT molecular complexity index is 231. The lowest BCUT2D eigenvalue weighted by Crippen LogP contribution is -2.32. The summed E-state index contributed by atoms with van der Waals surface area (Å²) in [5.41, 5.74) is 0. The fourth-order valence-corrected chi connectivity index (χ4v) is 2.68. The fraction of sp³-hybridized carbons (Fsp3) is 0.938. The van der Waals surface area contributed by atoms with E-state index in [4.69, 9.17) is 0 Å². The lowest BCUT2D eigenvalue weighted by atomic mass is 9.94. The summed E-state index contributed by atoms with van der Waals surface area (Å²) in [6.07, 6.45) is 13.4. The van der Waals surface area contributed by atoms with Gasteiger partial charge < -0.3 is 5.11 Å². The first-order valence-electron chi connectivity index (χ1n) is 8.02. The molecule has 0 aromatic rings. The molecule has 0 rings (SSSR count). The molecule has 114 valence electrons. The van der Waals surface area contributed by atoms with Gasteiger partial charge in [0.15, 0.2) is 0 Å². The van der Waals surface area contributed by atoms with Gasteiger partial charge >= 0.3 is 5.97 Å². The number of aliphatic carboxylic acids is 1. The number of thiol groups is 1. The van der Waals surface area contributed by atoms with Gasteiger partial charge in [0.05, 0.1) is 0 Å². The largest absolute Gasteiger partial charge is 0.480 e. The van der Waals surface area contributed by atoms with Crippen molar-refractivity contribution >= 4 is 18.6 Å². The molecular weight excluding hydrogens is 256 g/mol. The van der Waals surface area contributed by atoms with Gasteiger partial charge in [-0.2, -0.15) is 12.6 Å². The van der Waals surface area contributed by atoms with E-state index in [1.165, 1.54) is 38.5 Å². The van der Waals surface area contributed by atoms with E-state index in [-0.39, 0.29) is 0 Å². The summed E-state index contributed by atoms with van der Waals surface area (Å²) in [6, 6.07) is 0. The number of carboxylic acids is 1. The minimum atomic E-state index is -0.793. The molecular formula is C16H32O2S. The third-order valence-corrected chi connectivity index (χ3v) is 4.42. The maximum atomic E-state index is 11.3. The number of rotatable bonds is 13. The van der Waals surface area contributed by atoms with E-state index in [2.05, 4.69) is 26.5 Å². The molecule has 0 saturated carbocycles. The highest BCUT2D eigenvalue weighted by atomic mass is 32.1. The third kappa shape index (κ3) is 9.37. The summed E-state index contributed by atoms with van der Waals surface area (Å²) in [4.78, 5) is 11.3. The second-order valence-electron chi connectivity index (χ2n) is 5.67. The molecule has 0 saturated heterocycles. The zero-order valence-electron chi connectivity index (χ0n) is 12.8. The molecule has 0 spiro atoms. The molecule has 19 heavy (non-hydrogen) atoms. The lowest BCUT2D eigenvalue weighted by molar-refractivity contribution is -0.140. The van der Waals surface area contributed by atoms with Crippen LogP contribution in [-0.2, 0) is 4.79 Å². The van der Waals surface area contributed by atoms with Crippen LogP contribution < -0.4 is 0 Å². The third-order valence-electron chi connectivity index (χ3n) is 3.79. The first-order valence-corrected chi connectivity index (χ1v) is 8.47. The zero-order valence-corrected chi connectivity index (χ0v) is 13.7. The van der Waals surface area contributed by atoms with Crippen molar-refractivity contribution in [3.05, 3.63) is 0 Å². The van der Waals surface area contributed by atoms with E-state index in [1.807, 2.05) is 0 Å². The first kappa shape index (κ1) is 18.8.